The molecular formula is C22H29N3O. The fourth-order valence-corrected chi connectivity index (χ4v) is 2.84. The first kappa shape index (κ1) is 19.7. The van der Waals surface area contributed by atoms with Gasteiger partial charge in [0.25, 0.3) is 0 Å². The number of hydrogen-bond donors (Lipinski definition) is 0. The third-order valence-corrected chi connectivity index (χ3v) is 4.35. The van der Waals surface area contributed by atoms with E-state index in [1.807, 2.05) is 12.1 Å². The Morgan fingerprint density at radius 3 is 2.27 bits per heavy atom. The summed E-state index contributed by atoms with van der Waals surface area (Å²) in [6.07, 6.45) is 0. The molecule has 4 nitrogen and oxygen atoms in total. The average Bonchev–Trinajstić information content (AvgIpc) is 2.65. The lowest BCUT2D eigenvalue weighted by atomic mass is 10.1. The second-order valence-electron chi connectivity index (χ2n) is 6.51. The molecule has 0 saturated carbocycles. The van der Waals surface area contributed by atoms with Crippen LogP contribution in [-0.2, 0) is 0 Å². The van der Waals surface area contributed by atoms with Crippen molar-refractivity contribution in [1.82, 2.24) is 9.88 Å². The summed E-state index contributed by atoms with van der Waals surface area (Å²) in [6.45, 7) is 1.91. The highest BCUT2D eigenvalue weighted by molar-refractivity contribution is 5.94. The molecule has 138 valence electrons. The summed E-state index contributed by atoms with van der Waals surface area (Å²) in [7, 11) is 7.97. The van der Waals surface area contributed by atoms with Crippen LogP contribution in [0.25, 0.3) is 22.0 Å². The molecule has 0 aliphatic rings. The number of aromatic nitrogens is 1. The van der Waals surface area contributed by atoms with Gasteiger partial charge in [-0.1, -0.05) is 31.7 Å². The van der Waals surface area contributed by atoms with Gasteiger partial charge in [-0.2, -0.15) is 0 Å². The van der Waals surface area contributed by atoms with Crippen LogP contribution in [0.2, 0.25) is 0 Å². The Morgan fingerprint density at radius 1 is 0.923 bits per heavy atom. The van der Waals surface area contributed by atoms with Gasteiger partial charge in [0.1, 0.15) is 11.6 Å². The molecule has 0 saturated heterocycles. The number of ether oxygens (including phenoxy) is 1. The highest BCUT2D eigenvalue weighted by Gasteiger charge is 2.11. The van der Waals surface area contributed by atoms with Crippen LogP contribution >= 0.6 is 0 Å². The van der Waals surface area contributed by atoms with Crippen molar-refractivity contribution in [3.05, 3.63) is 54.6 Å². The molecule has 26 heavy (non-hydrogen) atoms. The molecule has 0 atom stereocenters. The number of hydrogen-bond acceptors (Lipinski definition) is 4. The predicted molar refractivity (Wildman–Crippen MR) is 112 cm³/mol. The summed E-state index contributed by atoms with van der Waals surface area (Å²) in [5.41, 5.74) is 2.07. The van der Waals surface area contributed by atoms with Crippen LogP contribution in [0.15, 0.2) is 54.6 Å². The summed E-state index contributed by atoms with van der Waals surface area (Å²) in [5.74, 6) is 1.87. The van der Waals surface area contributed by atoms with Gasteiger partial charge in [-0.05, 0) is 49.8 Å². The molecule has 0 radical (unpaired) electrons. The fraction of sp³-hybridized carbons (Fsp3) is 0.318. The molecule has 0 aliphatic carbocycles. The maximum atomic E-state index is 5.26. The lowest BCUT2D eigenvalue weighted by molar-refractivity contribution is 0.415. The molecule has 1 heterocycles. The second kappa shape index (κ2) is 8.68. The number of likely N-dealkylation sites (N-methyl/N-ethyl adjacent to an activating group) is 2. The van der Waals surface area contributed by atoms with E-state index in [2.05, 4.69) is 73.4 Å². The van der Waals surface area contributed by atoms with Gasteiger partial charge in [-0.25, -0.2) is 4.98 Å². The highest BCUT2D eigenvalue weighted by atomic mass is 16.5. The molecule has 3 aromatic rings. The Morgan fingerprint density at radius 2 is 1.62 bits per heavy atom. The van der Waals surface area contributed by atoms with E-state index in [1.54, 1.807) is 7.11 Å². The van der Waals surface area contributed by atoms with Crippen molar-refractivity contribution in [2.24, 2.45) is 0 Å². The van der Waals surface area contributed by atoms with Gasteiger partial charge in [-0.3, -0.25) is 0 Å². The van der Waals surface area contributed by atoms with Crippen LogP contribution in [0.4, 0.5) is 5.82 Å². The van der Waals surface area contributed by atoms with Crippen LogP contribution in [0.1, 0.15) is 7.43 Å². The van der Waals surface area contributed by atoms with E-state index >= 15 is 0 Å². The largest absolute Gasteiger partial charge is 0.497 e. The molecular weight excluding hydrogens is 322 g/mol. The highest BCUT2D eigenvalue weighted by Crippen LogP contribution is 2.30. The molecule has 0 amide bonds. The van der Waals surface area contributed by atoms with Crippen molar-refractivity contribution in [3.63, 3.8) is 0 Å². The number of rotatable bonds is 6. The Labute approximate surface area is 157 Å². The van der Waals surface area contributed by atoms with Crippen molar-refractivity contribution >= 4 is 16.6 Å². The SMILES string of the molecule is C.COc1ccc(-c2cc3ccccc3c(N(C)CCN(C)C)n2)cc1. The first-order valence-corrected chi connectivity index (χ1v) is 8.48. The summed E-state index contributed by atoms with van der Waals surface area (Å²) in [6, 6.07) is 18.6. The number of methoxy groups -OCH3 is 1. The van der Waals surface area contributed by atoms with Gasteiger partial charge in [0.05, 0.1) is 12.8 Å². The van der Waals surface area contributed by atoms with E-state index in [9.17, 15) is 0 Å². The molecule has 0 aliphatic heterocycles. The van der Waals surface area contributed by atoms with Crippen LogP contribution < -0.4 is 9.64 Å². The maximum Gasteiger partial charge on any atom is 0.136 e. The fourth-order valence-electron chi connectivity index (χ4n) is 2.84. The Hall–Kier alpha value is -2.59. The Balaban J connectivity index is 0.00000243. The van der Waals surface area contributed by atoms with Crippen molar-refractivity contribution in [2.75, 3.05) is 46.2 Å². The molecule has 0 fully saturated rings. The Kier molecular flexibility index (Phi) is 6.58. The molecule has 4 heteroatoms. The van der Waals surface area contributed by atoms with Gasteiger partial charge < -0.3 is 14.5 Å². The Bertz CT molecular complexity index is 844. The summed E-state index contributed by atoms with van der Waals surface area (Å²) >= 11 is 0. The minimum atomic E-state index is 0. The number of fused-ring (bicyclic) bond motifs is 1. The lowest BCUT2D eigenvalue weighted by Gasteiger charge is -2.23. The molecule has 2 aromatic carbocycles. The number of nitrogens with zero attached hydrogens (tertiary/aromatic N) is 3. The number of anilines is 1. The average molecular weight is 351 g/mol. The molecule has 1 aromatic heterocycles. The topological polar surface area (TPSA) is 28.6 Å². The zero-order valence-electron chi connectivity index (χ0n) is 15.4. The van der Waals surface area contributed by atoms with Crippen molar-refractivity contribution in [1.29, 1.82) is 0 Å². The van der Waals surface area contributed by atoms with Gasteiger partial charge in [0.15, 0.2) is 0 Å². The van der Waals surface area contributed by atoms with E-state index in [0.29, 0.717) is 0 Å². The maximum absolute atomic E-state index is 5.26. The third-order valence-electron chi connectivity index (χ3n) is 4.35. The smallest absolute Gasteiger partial charge is 0.136 e. The van der Waals surface area contributed by atoms with Crippen LogP contribution in [0, 0.1) is 0 Å². The van der Waals surface area contributed by atoms with E-state index < -0.39 is 0 Å². The minimum absolute atomic E-state index is 0. The molecule has 3 rings (SSSR count). The quantitative estimate of drug-likeness (QED) is 0.652. The first-order chi connectivity index (χ1) is 12.1. The van der Waals surface area contributed by atoms with Crippen LogP contribution in [0.3, 0.4) is 0 Å². The van der Waals surface area contributed by atoms with E-state index in [-0.39, 0.29) is 7.43 Å². The normalized spacial score (nSPS) is 10.7. The van der Waals surface area contributed by atoms with E-state index in [0.717, 1.165) is 35.9 Å². The predicted octanol–water partition coefficient (Wildman–Crippen LogP) is 4.54. The monoisotopic (exact) mass is 351 g/mol. The van der Waals surface area contributed by atoms with Gasteiger partial charge in [0.2, 0.25) is 0 Å². The van der Waals surface area contributed by atoms with Crippen molar-refractivity contribution < 1.29 is 4.74 Å². The lowest BCUT2D eigenvalue weighted by Crippen LogP contribution is -2.29. The molecule has 0 unspecified atom stereocenters. The zero-order chi connectivity index (χ0) is 17.8. The standard InChI is InChI=1S/C21H25N3O.CH4/c1-23(2)13-14-24(3)21-19-8-6-5-7-17(19)15-20(22-21)16-9-11-18(25-4)12-10-16;/h5-12,15H,13-14H2,1-4H3;1H4. The summed E-state index contributed by atoms with van der Waals surface area (Å²) in [5, 5.41) is 2.39. The zero-order valence-corrected chi connectivity index (χ0v) is 15.4. The van der Waals surface area contributed by atoms with Gasteiger partial charge in [0, 0.05) is 31.1 Å². The second-order valence-corrected chi connectivity index (χ2v) is 6.51. The minimum Gasteiger partial charge on any atom is -0.497 e. The first-order valence-electron chi connectivity index (χ1n) is 8.48. The van der Waals surface area contributed by atoms with Crippen LogP contribution in [-0.4, -0.2) is 51.2 Å². The number of benzene rings is 2. The molecule has 0 spiro atoms. The molecule has 0 N–H and O–H groups in total. The van der Waals surface area contributed by atoms with Gasteiger partial charge in [-0.15, -0.1) is 0 Å². The van der Waals surface area contributed by atoms with E-state index in [4.69, 9.17) is 9.72 Å². The summed E-state index contributed by atoms with van der Waals surface area (Å²) < 4.78 is 5.26. The molecule has 0 bridgehead atoms. The van der Waals surface area contributed by atoms with Crippen molar-refractivity contribution in [2.45, 2.75) is 7.43 Å². The van der Waals surface area contributed by atoms with Gasteiger partial charge >= 0.3 is 0 Å². The van der Waals surface area contributed by atoms with E-state index in [1.165, 1.54) is 10.8 Å². The third kappa shape index (κ3) is 4.33. The number of pyridine rings is 1. The summed E-state index contributed by atoms with van der Waals surface area (Å²) in [4.78, 5) is 9.39. The van der Waals surface area contributed by atoms with Crippen LogP contribution in [0.5, 0.6) is 5.75 Å². The van der Waals surface area contributed by atoms with Crippen molar-refractivity contribution in [3.8, 4) is 17.0 Å².